The van der Waals surface area contributed by atoms with Crippen molar-refractivity contribution in [3.63, 3.8) is 0 Å². The highest BCUT2D eigenvalue weighted by atomic mass is 16.4. The van der Waals surface area contributed by atoms with Gasteiger partial charge in [0.1, 0.15) is 6.04 Å². The van der Waals surface area contributed by atoms with Gasteiger partial charge in [-0.15, -0.1) is 0 Å². The Labute approximate surface area is 89.3 Å². The highest BCUT2D eigenvalue weighted by Crippen LogP contribution is 2.11. The van der Waals surface area contributed by atoms with Crippen molar-refractivity contribution in [1.29, 1.82) is 0 Å². The first-order valence-corrected chi connectivity index (χ1v) is 5.04. The average Bonchev–Trinajstić information content (AvgIpc) is 2.26. The number of hydrogen-bond donors (Lipinski definition) is 2. The lowest BCUT2D eigenvalue weighted by molar-refractivity contribution is -0.139. The SMILES string of the molecule is CCC(N[C@H](C)c1cccnc1)C(=O)O. The standard InChI is InChI=1S/C11H16N2O2/c1-3-10(11(14)15)13-8(2)9-5-4-6-12-7-9/h4-8,10,13H,3H2,1-2H3,(H,14,15)/t8-,10?/m1/s1. The van der Waals surface area contributed by atoms with Crippen LogP contribution in [0.1, 0.15) is 31.9 Å². The van der Waals surface area contributed by atoms with E-state index in [1.54, 1.807) is 12.4 Å². The van der Waals surface area contributed by atoms with Gasteiger partial charge < -0.3 is 5.11 Å². The molecule has 0 aliphatic heterocycles. The molecule has 82 valence electrons. The van der Waals surface area contributed by atoms with Crippen molar-refractivity contribution < 1.29 is 9.90 Å². The number of carboxylic acids is 1. The fourth-order valence-electron chi connectivity index (χ4n) is 1.39. The molecular weight excluding hydrogens is 192 g/mol. The summed E-state index contributed by atoms with van der Waals surface area (Å²) >= 11 is 0. The fraction of sp³-hybridized carbons (Fsp3) is 0.455. The molecule has 0 aliphatic rings. The topological polar surface area (TPSA) is 62.2 Å². The number of rotatable bonds is 5. The molecular formula is C11H16N2O2. The third-order valence-electron chi connectivity index (χ3n) is 2.34. The van der Waals surface area contributed by atoms with E-state index in [0.29, 0.717) is 6.42 Å². The smallest absolute Gasteiger partial charge is 0.320 e. The molecule has 0 radical (unpaired) electrons. The largest absolute Gasteiger partial charge is 0.480 e. The van der Waals surface area contributed by atoms with E-state index in [4.69, 9.17) is 5.11 Å². The number of carbonyl (C=O) groups is 1. The predicted molar refractivity (Wildman–Crippen MR) is 57.5 cm³/mol. The molecule has 2 N–H and O–H groups in total. The second kappa shape index (κ2) is 5.46. The van der Waals surface area contributed by atoms with E-state index in [1.807, 2.05) is 26.0 Å². The van der Waals surface area contributed by atoms with Gasteiger partial charge in [-0.1, -0.05) is 13.0 Å². The van der Waals surface area contributed by atoms with Crippen LogP contribution < -0.4 is 5.32 Å². The van der Waals surface area contributed by atoms with E-state index < -0.39 is 12.0 Å². The lowest BCUT2D eigenvalue weighted by Gasteiger charge is -2.18. The maximum atomic E-state index is 10.8. The minimum Gasteiger partial charge on any atom is -0.480 e. The van der Waals surface area contributed by atoms with Gasteiger partial charge in [-0.05, 0) is 25.0 Å². The number of pyridine rings is 1. The molecule has 2 atom stereocenters. The summed E-state index contributed by atoms with van der Waals surface area (Å²) < 4.78 is 0. The molecule has 0 spiro atoms. The van der Waals surface area contributed by atoms with Crippen LogP contribution in [0.5, 0.6) is 0 Å². The summed E-state index contributed by atoms with van der Waals surface area (Å²) in [6.07, 6.45) is 4.01. The van der Waals surface area contributed by atoms with E-state index in [9.17, 15) is 4.79 Å². The first-order chi connectivity index (χ1) is 7.15. The van der Waals surface area contributed by atoms with E-state index in [-0.39, 0.29) is 6.04 Å². The van der Waals surface area contributed by atoms with Crippen LogP contribution in [0.15, 0.2) is 24.5 Å². The van der Waals surface area contributed by atoms with Crippen LogP contribution in [-0.4, -0.2) is 22.1 Å². The lowest BCUT2D eigenvalue weighted by atomic mass is 10.1. The Morgan fingerprint density at radius 3 is 2.87 bits per heavy atom. The van der Waals surface area contributed by atoms with Crippen molar-refractivity contribution in [3.8, 4) is 0 Å². The number of hydrogen-bond acceptors (Lipinski definition) is 3. The van der Waals surface area contributed by atoms with Gasteiger partial charge in [0.25, 0.3) is 0 Å². The molecule has 0 aromatic carbocycles. The summed E-state index contributed by atoms with van der Waals surface area (Å²) in [5.41, 5.74) is 0.997. The Morgan fingerprint density at radius 2 is 2.40 bits per heavy atom. The first kappa shape index (κ1) is 11.7. The first-order valence-electron chi connectivity index (χ1n) is 5.04. The normalized spacial score (nSPS) is 14.5. The van der Waals surface area contributed by atoms with Crippen molar-refractivity contribution in [2.75, 3.05) is 0 Å². The Kier molecular flexibility index (Phi) is 4.24. The third-order valence-corrected chi connectivity index (χ3v) is 2.34. The molecule has 1 rings (SSSR count). The summed E-state index contributed by atoms with van der Waals surface area (Å²) in [5, 5.41) is 11.9. The van der Waals surface area contributed by atoms with Gasteiger partial charge in [0.05, 0.1) is 0 Å². The zero-order valence-electron chi connectivity index (χ0n) is 8.97. The van der Waals surface area contributed by atoms with Gasteiger partial charge in [0.15, 0.2) is 0 Å². The molecule has 0 fully saturated rings. The molecule has 1 heterocycles. The molecule has 0 bridgehead atoms. The zero-order valence-corrected chi connectivity index (χ0v) is 8.97. The van der Waals surface area contributed by atoms with Gasteiger partial charge in [-0.25, -0.2) is 0 Å². The van der Waals surface area contributed by atoms with Crippen LogP contribution in [0.3, 0.4) is 0 Å². The zero-order chi connectivity index (χ0) is 11.3. The van der Waals surface area contributed by atoms with Crippen LogP contribution in [0.25, 0.3) is 0 Å². The summed E-state index contributed by atoms with van der Waals surface area (Å²) in [4.78, 5) is 14.8. The number of aromatic nitrogens is 1. The third kappa shape index (κ3) is 3.32. The Hall–Kier alpha value is -1.42. The van der Waals surface area contributed by atoms with Gasteiger partial charge in [0, 0.05) is 18.4 Å². The quantitative estimate of drug-likeness (QED) is 0.771. The summed E-state index contributed by atoms with van der Waals surface area (Å²) in [6, 6.07) is 3.27. The second-order valence-corrected chi connectivity index (χ2v) is 3.47. The molecule has 4 nitrogen and oxygen atoms in total. The minimum atomic E-state index is -0.812. The van der Waals surface area contributed by atoms with Gasteiger partial charge in [-0.3, -0.25) is 15.1 Å². The summed E-state index contributed by atoms with van der Waals surface area (Å²) in [6.45, 7) is 3.78. The number of carboxylic acid groups (broad SMARTS) is 1. The molecule has 15 heavy (non-hydrogen) atoms. The molecule has 0 saturated carbocycles. The number of aliphatic carboxylic acids is 1. The summed E-state index contributed by atoms with van der Waals surface area (Å²) in [5.74, 6) is -0.812. The molecule has 0 saturated heterocycles. The van der Waals surface area contributed by atoms with Crippen LogP contribution in [0, 0.1) is 0 Å². The Morgan fingerprint density at radius 1 is 1.67 bits per heavy atom. The van der Waals surface area contributed by atoms with E-state index in [0.717, 1.165) is 5.56 Å². The molecule has 0 aliphatic carbocycles. The van der Waals surface area contributed by atoms with E-state index >= 15 is 0 Å². The van der Waals surface area contributed by atoms with Crippen LogP contribution >= 0.6 is 0 Å². The molecule has 1 aromatic heterocycles. The fourth-order valence-corrected chi connectivity index (χ4v) is 1.39. The van der Waals surface area contributed by atoms with Crippen molar-refractivity contribution in [3.05, 3.63) is 30.1 Å². The van der Waals surface area contributed by atoms with Crippen molar-refractivity contribution in [1.82, 2.24) is 10.3 Å². The van der Waals surface area contributed by atoms with Gasteiger partial charge in [-0.2, -0.15) is 0 Å². The van der Waals surface area contributed by atoms with Gasteiger partial charge in [0.2, 0.25) is 0 Å². The van der Waals surface area contributed by atoms with Crippen molar-refractivity contribution in [2.45, 2.75) is 32.4 Å². The monoisotopic (exact) mass is 208 g/mol. The maximum absolute atomic E-state index is 10.8. The number of nitrogens with zero attached hydrogens (tertiary/aromatic N) is 1. The molecule has 1 aromatic rings. The average molecular weight is 208 g/mol. The predicted octanol–water partition coefficient (Wildman–Crippen LogP) is 1.60. The highest BCUT2D eigenvalue weighted by molar-refractivity contribution is 5.73. The minimum absolute atomic E-state index is 0.000231. The Balaban J connectivity index is 2.62. The van der Waals surface area contributed by atoms with E-state index in [1.165, 1.54) is 0 Å². The molecule has 0 amide bonds. The van der Waals surface area contributed by atoms with E-state index in [2.05, 4.69) is 10.3 Å². The molecule has 1 unspecified atom stereocenters. The number of nitrogens with one attached hydrogen (secondary N) is 1. The Bertz CT molecular complexity index is 314. The second-order valence-electron chi connectivity index (χ2n) is 3.47. The maximum Gasteiger partial charge on any atom is 0.320 e. The summed E-state index contributed by atoms with van der Waals surface area (Å²) in [7, 11) is 0. The molecule has 4 heteroatoms. The highest BCUT2D eigenvalue weighted by Gasteiger charge is 2.17. The van der Waals surface area contributed by atoms with Crippen molar-refractivity contribution in [2.24, 2.45) is 0 Å². The van der Waals surface area contributed by atoms with Crippen LogP contribution in [-0.2, 0) is 4.79 Å². The van der Waals surface area contributed by atoms with Gasteiger partial charge >= 0.3 is 5.97 Å². The lowest BCUT2D eigenvalue weighted by Crippen LogP contribution is -2.37. The van der Waals surface area contributed by atoms with Crippen molar-refractivity contribution >= 4 is 5.97 Å². The van der Waals surface area contributed by atoms with Crippen LogP contribution in [0.2, 0.25) is 0 Å². The van der Waals surface area contributed by atoms with Crippen LogP contribution in [0.4, 0.5) is 0 Å².